The van der Waals surface area contributed by atoms with Gasteiger partial charge in [0.15, 0.2) is 5.82 Å². The molecule has 0 bridgehead atoms. The van der Waals surface area contributed by atoms with Crippen molar-refractivity contribution in [2.75, 3.05) is 23.3 Å². The molecule has 1 aromatic heterocycles. The summed E-state index contributed by atoms with van der Waals surface area (Å²) in [5.41, 5.74) is 4.25. The maximum atomic E-state index is 13.0. The summed E-state index contributed by atoms with van der Waals surface area (Å²) in [6.45, 7) is 7.52. The topological polar surface area (TPSA) is 67.4 Å². The summed E-state index contributed by atoms with van der Waals surface area (Å²) in [5.74, 6) is 1.81. The highest BCUT2D eigenvalue weighted by atomic mass is 16.5. The summed E-state index contributed by atoms with van der Waals surface area (Å²) >= 11 is 0. The van der Waals surface area contributed by atoms with Crippen molar-refractivity contribution in [3.63, 3.8) is 0 Å². The van der Waals surface area contributed by atoms with Crippen LogP contribution in [0.1, 0.15) is 29.5 Å². The van der Waals surface area contributed by atoms with E-state index in [4.69, 9.17) is 4.74 Å². The van der Waals surface area contributed by atoms with Crippen molar-refractivity contribution in [3.8, 4) is 11.6 Å². The molecule has 6 heteroatoms. The monoisotopic (exact) mass is 416 g/mol. The van der Waals surface area contributed by atoms with Crippen LogP contribution in [0.15, 0.2) is 54.9 Å². The number of benzene rings is 2. The summed E-state index contributed by atoms with van der Waals surface area (Å²) < 4.78 is 6.09. The predicted molar refractivity (Wildman–Crippen MR) is 123 cm³/mol. The van der Waals surface area contributed by atoms with Gasteiger partial charge in [-0.1, -0.05) is 24.3 Å². The number of amides is 1. The number of anilines is 2. The number of para-hydroxylation sites is 1. The Labute approximate surface area is 183 Å². The summed E-state index contributed by atoms with van der Waals surface area (Å²) in [7, 11) is 0. The minimum Gasteiger partial charge on any atom is -0.436 e. The molecule has 1 aliphatic heterocycles. The van der Waals surface area contributed by atoms with E-state index in [1.54, 1.807) is 12.4 Å². The summed E-state index contributed by atoms with van der Waals surface area (Å²) in [5, 5.41) is 3.08. The molecule has 1 N–H and O–H groups in total. The lowest BCUT2D eigenvalue weighted by Gasteiger charge is -2.33. The third-order valence-corrected chi connectivity index (χ3v) is 5.81. The van der Waals surface area contributed by atoms with Gasteiger partial charge in [-0.15, -0.1) is 0 Å². The molecule has 2 heterocycles. The van der Waals surface area contributed by atoms with Crippen LogP contribution in [-0.4, -0.2) is 29.0 Å². The number of nitrogens with one attached hydrogen (secondary N) is 1. The zero-order valence-corrected chi connectivity index (χ0v) is 18.3. The number of ether oxygens (including phenoxy) is 1. The largest absolute Gasteiger partial charge is 0.436 e. The SMILES string of the molecule is Cc1ccc(NC(=O)[C@H]2CCCN(c3nccnc3Oc3ccccc3C)C2)cc1C. The van der Waals surface area contributed by atoms with Gasteiger partial charge in [-0.05, 0) is 68.5 Å². The zero-order chi connectivity index (χ0) is 21.8. The van der Waals surface area contributed by atoms with Crippen LogP contribution < -0.4 is 15.0 Å². The molecule has 2 aromatic carbocycles. The van der Waals surface area contributed by atoms with Gasteiger partial charge in [0.1, 0.15) is 5.75 Å². The molecule has 1 atom stereocenters. The number of aryl methyl sites for hydroxylation is 3. The fourth-order valence-corrected chi connectivity index (χ4v) is 3.83. The van der Waals surface area contributed by atoms with Crippen LogP contribution in [0.2, 0.25) is 0 Å². The Morgan fingerprint density at radius 3 is 2.65 bits per heavy atom. The van der Waals surface area contributed by atoms with Crippen LogP contribution in [0.4, 0.5) is 11.5 Å². The first-order chi connectivity index (χ1) is 15.0. The fraction of sp³-hybridized carbons (Fsp3) is 0.320. The fourth-order valence-electron chi connectivity index (χ4n) is 3.83. The Balaban J connectivity index is 1.49. The summed E-state index contributed by atoms with van der Waals surface area (Å²) in [4.78, 5) is 24.0. The molecule has 1 saturated heterocycles. The van der Waals surface area contributed by atoms with Crippen LogP contribution in [0.25, 0.3) is 0 Å². The third-order valence-electron chi connectivity index (χ3n) is 5.81. The number of hydrogen-bond donors (Lipinski definition) is 1. The van der Waals surface area contributed by atoms with Gasteiger partial charge in [-0.3, -0.25) is 4.79 Å². The third kappa shape index (κ3) is 4.85. The van der Waals surface area contributed by atoms with Gasteiger partial charge in [-0.25, -0.2) is 9.97 Å². The molecule has 3 aromatic rings. The van der Waals surface area contributed by atoms with E-state index in [9.17, 15) is 4.79 Å². The molecule has 0 aliphatic carbocycles. The van der Waals surface area contributed by atoms with Crippen LogP contribution in [0.5, 0.6) is 11.6 Å². The highest BCUT2D eigenvalue weighted by Gasteiger charge is 2.28. The van der Waals surface area contributed by atoms with E-state index in [0.29, 0.717) is 18.2 Å². The van der Waals surface area contributed by atoms with Gasteiger partial charge in [0.2, 0.25) is 5.91 Å². The minimum absolute atomic E-state index is 0.0400. The standard InChI is InChI=1S/C25H28N4O2/c1-17-10-11-21(15-19(17)3)28-24(30)20-8-6-14-29(16-20)23-25(27-13-12-26-23)31-22-9-5-4-7-18(22)2/h4-5,7,9-13,15,20H,6,8,14,16H2,1-3H3,(H,28,30)/t20-/m0/s1. The molecule has 31 heavy (non-hydrogen) atoms. The molecule has 1 fully saturated rings. The van der Waals surface area contributed by atoms with E-state index in [2.05, 4.69) is 34.0 Å². The molecule has 1 amide bonds. The van der Waals surface area contributed by atoms with Crippen molar-refractivity contribution in [1.29, 1.82) is 0 Å². The van der Waals surface area contributed by atoms with Crippen molar-refractivity contribution in [2.45, 2.75) is 33.6 Å². The first-order valence-electron chi connectivity index (χ1n) is 10.7. The Kier molecular flexibility index (Phi) is 6.16. The first-order valence-corrected chi connectivity index (χ1v) is 10.7. The molecular weight excluding hydrogens is 388 g/mol. The average molecular weight is 417 g/mol. The quantitative estimate of drug-likeness (QED) is 0.630. The molecule has 1 aliphatic rings. The highest BCUT2D eigenvalue weighted by Crippen LogP contribution is 2.32. The molecule has 0 radical (unpaired) electrons. The van der Waals surface area contributed by atoms with Gasteiger partial charge in [0, 0.05) is 31.2 Å². The number of nitrogens with zero attached hydrogens (tertiary/aromatic N) is 3. The number of hydrogen-bond acceptors (Lipinski definition) is 5. The number of aromatic nitrogens is 2. The van der Waals surface area contributed by atoms with Crippen molar-refractivity contribution >= 4 is 17.4 Å². The smallest absolute Gasteiger partial charge is 0.263 e. The van der Waals surface area contributed by atoms with Gasteiger partial charge in [-0.2, -0.15) is 0 Å². The maximum absolute atomic E-state index is 13.0. The molecule has 0 unspecified atom stereocenters. The predicted octanol–water partition coefficient (Wildman–Crippen LogP) is 5.05. The van der Waals surface area contributed by atoms with Gasteiger partial charge < -0.3 is 15.0 Å². The number of rotatable bonds is 5. The van der Waals surface area contributed by atoms with Crippen molar-refractivity contribution in [3.05, 3.63) is 71.5 Å². The number of carbonyl (C=O) groups excluding carboxylic acids is 1. The molecule has 0 spiro atoms. The minimum atomic E-state index is -0.122. The molecule has 0 saturated carbocycles. The second kappa shape index (κ2) is 9.16. The van der Waals surface area contributed by atoms with Gasteiger partial charge in [0.05, 0.1) is 5.92 Å². The van der Waals surface area contributed by atoms with E-state index in [0.717, 1.165) is 36.4 Å². The molecular formula is C25H28N4O2. The summed E-state index contributed by atoms with van der Waals surface area (Å²) in [6, 6.07) is 13.8. The van der Waals surface area contributed by atoms with Crippen molar-refractivity contribution in [1.82, 2.24) is 9.97 Å². The van der Waals surface area contributed by atoms with Crippen LogP contribution in [0, 0.1) is 26.7 Å². The number of carbonyl (C=O) groups is 1. The van der Waals surface area contributed by atoms with Gasteiger partial charge >= 0.3 is 0 Å². The molecule has 160 valence electrons. The van der Waals surface area contributed by atoms with E-state index < -0.39 is 0 Å². The maximum Gasteiger partial charge on any atom is 0.263 e. The molecule has 4 rings (SSSR count). The van der Waals surface area contributed by atoms with E-state index >= 15 is 0 Å². The van der Waals surface area contributed by atoms with Crippen molar-refractivity contribution < 1.29 is 9.53 Å². The van der Waals surface area contributed by atoms with E-state index in [-0.39, 0.29) is 11.8 Å². The second-order valence-corrected chi connectivity index (χ2v) is 8.13. The average Bonchev–Trinajstić information content (AvgIpc) is 2.78. The lowest BCUT2D eigenvalue weighted by molar-refractivity contribution is -0.120. The summed E-state index contributed by atoms with van der Waals surface area (Å²) in [6.07, 6.45) is 5.05. The number of piperidine rings is 1. The normalized spacial score (nSPS) is 16.1. The lowest BCUT2D eigenvalue weighted by Crippen LogP contribution is -2.41. The van der Waals surface area contributed by atoms with E-state index in [1.807, 2.05) is 49.4 Å². The Hall–Kier alpha value is -3.41. The Bertz CT molecular complexity index is 1080. The van der Waals surface area contributed by atoms with Crippen LogP contribution in [-0.2, 0) is 4.79 Å². The Morgan fingerprint density at radius 2 is 1.84 bits per heavy atom. The molecule has 6 nitrogen and oxygen atoms in total. The first kappa shape index (κ1) is 20.8. The van der Waals surface area contributed by atoms with Crippen molar-refractivity contribution in [2.24, 2.45) is 5.92 Å². The Morgan fingerprint density at radius 1 is 1.03 bits per heavy atom. The highest BCUT2D eigenvalue weighted by molar-refractivity contribution is 5.93. The van der Waals surface area contributed by atoms with E-state index in [1.165, 1.54) is 11.1 Å². The van der Waals surface area contributed by atoms with Crippen LogP contribution >= 0.6 is 0 Å². The second-order valence-electron chi connectivity index (χ2n) is 8.13. The van der Waals surface area contributed by atoms with Crippen LogP contribution in [0.3, 0.4) is 0 Å². The zero-order valence-electron chi connectivity index (χ0n) is 18.3. The van der Waals surface area contributed by atoms with Gasteiger partial charge in [0.25, 0.3) is 5.88 Å². The lowest BCUT2D eigenvalue weighted by atomic mass is 9.97.